The van der Waals surface area contributed by atoms with Crippen LogP contribution in [0.3, 0.4) is 0 Å². The predicted molar refractivity (Wildman–Crippen MR) is 134 cm³/mol. The molecule has 2 N–H and O–H groups in total. The molecule has 1 heterocycles. The molecule has 0 bridgehead atoms. The van der Waals surface area contributed by atoms with Gasteiger partial charge in [-0.05, 0) is 48.6 Å². The van der Waals surface area contributed by atoms with Crippen molar-refractivity contribution >= 4 is 27.5 Å². The summed E-state index contributed by atoms with van der Waals surface area (Å²) in [7, 11) is -3.99. The van der Waals surface area contributed by atoms with Crippen LogP contribution in [-0.4, -0.2) is 38.2 Å². The normalized spacial score (nSPS) is 14.2. The average molecular weight is 486 g/mol. The third kappa shape index (κ3) is 6.67. The van der Waals surface area contributed by atoms with E-state index in [1.54, 1.807) is 41.3 Å². The molecule has 34 heavy (non-hydrogen) atoms. The van der Waals surface area contributed by atoms with Gasteiger partial charge in [-0.15, -0.1) is 0 Å². The molecule has 8 heteroatoms. The van der Waals surface area contributed by atoms with E-state index in [0.29, 0.717) is 37.2 Å². The molecule has 184 valence electrons. The van der Waals surface area contributed by atoms with Gasteiger partial charge in [0, 0.05) is 25.2 Å². The largest absolute Gasteiger partial charge is 0.341 e. The van der Waals surface area contributed by atoms with E-state index in [1.165, 1.54) is 6.07 Å². The van der Waals surface area contributed by atoms with Gasteiger partial charge in [0.15, 0.2) is 0 Å². The number of amides is 2. The molecule has 0 aliphatic carbocycles. The van der Waals surface area contributed by atoms with Gasteiger partial charge in [0.25, 0.3) is 0 Å². The Morgan fingerprint density at radius 3 is 2.41 bits per heavy atom. The third-order valence-corrected chi connectivity index (χ3v) is 7.48. The zero-order valence-electron chi connectivity index (χ0n) is 20.0. The molecule has 0 saturated carbocycles. The third-order valence-electron chi connectivity index (χ3n) is 6.06. The molecule has 0 aromatic heterocycles. The molecule has 2 aromatic rings. The van der Waals surface area contributed by atoms with Gasteiger partial charge in [0.05, 0.1) is 4.90 Å². The van der Waals surface area contributed by atoms with Gasteiger partial charge in [-0.25, -0.2) is 8.42 Å². The Morgan fingerprint density at radius 1 is 1.00 bits per heavy atom. The molecule has 2 aromatic carbocycles. The van der Waals surface area contributed by atoms with Crippen LogP contribution < -0.4 is 10.0 Å². The van der Waals surface area contributed by atoms with Crippen LogP contribution in [0.1, 0.15) is 69.5 Å². The minimum absolute atomic E-state index is 0.0776. The Hall–Kier alpha value is -2.71. The van der Waals surface area contributed by atoms with Crippen molar-refractivity contribution in [2.24, 2.45) is 0 Å². The van der Waals surface area contributed by atoms with Gasteiger partial charge >= 0.3 is 0 Å². The molecule has 7 nitrogen and oxygen atoms in total. The maximum atomic E-state index is 13.7. The molecule has 0 saturated heterocycles. The molecular weight excluding hydrogens is 450 g/mol. The van der Waals surface area contributed by atoms with E-state index >= 15 is 0 Å². The van der Waals surface area contributed by atoms with Crippen molar-refractivity contribution < 1.29 is 18.0 Å². The first-order valence-corrected chi connectivity index (χ1v) is 13.6. The van der Waals surface area contributed by atoms with Crippen LogP contribution in [-0.2, 0) is 26.0 Å². The summed E-state index contributed by atoms with van der Waals surface area (Å²) >= 11 is 0. The topological polar surface area (TPSA) is 95.6 Å². The van der Waals surface area contributed by atoms with E-state index in [9.17, 15) is 18.0 Å². The molecule has 3 rings (SSSR count). The standard InChI is InChI=1S/C26H35N3O4S/c1-3-5-10-18-29(17-6-4-2)26(31)25(20-11-8-7-9-12-20)28-34(32,33)22-14-15-23-21(19-22)13-16-24(30)27-23/h7-9,11-12,14-15,19,25,28H,3-6,10,13,16-18H2,1-2H3,(H,27,30). The van der Waals surface area contributed by atoms with Crippen molar-refractivity contribution in [2.75, 3.05) is 18.4 Å². The highest BCUT2D eigenvalue weighted by Crippen LogP contribution is 2.27. The maximum absolute atomic E-state index is 13.7. The van der Waals surface area contributed by atoms with E-state index in [2.05, 4.69) is 23.9 Å². The molecule has 1 atom stereocenters. The fourth-order valence-corrected chi connectivity index (χ4v) is 5.30. The number of nitrogens with zero attached hydrogens (tertiary/aromatic N) is 1. The molecular formula is C26H35N3O4S. The minimum atomic E-state index is -3.99. The summed E-state index contributed by atoms with van der Waals surface area (Å²) in [4.78, 5) is 27.2. The number of unbranched alkanes of at least 4 members (excludes halogenated alkanes) is 3. The number of hydrogen-bond acceptors (Lipinski definition) is 4. The summed E-state index contributed by atoms with van der Waals surface area (Å²) in [5, 5.41) is 2.77. The zero-order chi connectivity index (χ0) is 24.6. The van der Waals surface area contributed by atoms with E-state index in [1.807, 2.05) is 6.07 Å². The van der Waals surface area contributed by atoms with E-state index < -0.39 is 16.1 Å². The lowest BCUT2D eigenvalue weighted by molar-refractivity contribution is -0.133. The Labute approximate surface area is 203 Å². The number of carbonyl (C=O) groups is 2. The second-order valence-electron chi connectivity index (χ2n) is 8.72. The van der Waals surface area contributed by atoms with Crippen molar-refractivity contribution in [2.45, 2.75) is 69.7 Å². The smallest absolute Gasteiger partial charge is 0.245 e. The van der Waals surface area contributed by atoms with Crippen molar-refractivity contribution in [3.05, 3.63) is 59.7 Å². The first-order valence-electron chi connectivity index (χ1n) is 12.1. The SMILES string of the molecule is CCCCCN(CCCC)C(=O)C(NS(=O)(=O)c1ccc2c(c1)CCC(=O)N2)c1ccccc1. The number of nitrogens with one attached hydrogen (secondary N) is 2. The molecule has 0 fully saturated rings. The summed E-state index contributed by atoms with van der Waals surface area (Å²) in [5.74, 6) is -0.309. The first kappa shape index (κ1) is 25.9. The summed E-state index contributed by atoms with van der Waals surface area (Å²) in [6.45, 7) is 5.40. The number of carbonyl (C=O) groups excluding carboxylic acids is 2. The van der Waals surface area contributed by atoms with Crippen LogP contribution in [0.2, 0.25) is 0 Å². The number of sulfonamides is 1. The Kier molecular flexibility index (Phi) is 9.24. The number of hydrogen-bond donors (Lipinski definition) is 2. The molecule has 0 radical (unpaired) electrons. The van der Waals surface area contributed by atoms with Gasteiger partial charge in [-0.3, -0.25) is 9.59 Å². The lowest BCUT2D eigenvalue weighted by Crippen LogP contribution is -2.43. The highest BCUT2D eigenvalue weighted by Gasteiger charge is 2.31. The minimum Gasteiger partial charge on any atom is -0.341 e. The fraction of sp³-hybridized carbons (Fsp3) is 0.462. The summed E-state index contributed by atoms with van der Waals surface area (Å²) in [6, 6.07) is 12.6. The zero-order valence-corrected chi connectivity index (χ0v) is 20.9. The number of anilines is 1. The van der Waals surface area contributed by atoms with Gasteiger partial charge in [0.2, 0.25) is 21.8 Å². The molecule has 1 aliphatic rings. The maximum Gasteiger partial charge on any atom is 0.245 e. The van der Waals surface area contributed by atoms with Crippen molar-refractivity contribution in [1.82, 2.24) is 9.62 Å². The highest BCUT2D eigenvalue weighted by atomic mass is 32.2. The van der Waals surface area contributed by atoms with Gasteiger partial charge in [-0.2, -0.15) is 4.72 Å². The van der Waals surface area contributed by atoms with Crippen LogP contribution in [0.25, 0.3) is 0 Å². The first-order chi connectivity index (χ1) is 16.4. The monoisotopic (exact) mass is 485 g/mol. The molecule has 1 unspecified atom stereocenters. The van der Waals surface area contributed by atoms with Gasteiger partial charge in [0.1, 0.15) is 6.04 Å². The number of rotatable bonds is 12. The lowest BCUT2D eigenvalue weighted by Gasteiger charge is -2.28. The number of fused-ring (bicyclic) bond motifs is 1. The Morgan fingerprint density at radius 2 is 1.71 bits per heavy atom. The van der Waals surface area contributed by atoms with Gasteiger partial charge in [-0.1, -0.05) is 63.4 Å². The predicted octanol–water partition coefficient (Wildman–Crippen LogP) is 4.41. The van der Waals surface area contributed by atoms with Crippen molar-refractivity contribution in [3.8, 4) is 0 Å². The van der Waals surface area contributed by atoms with E-state index in [0.717, 1.165) is 37.7 Å². The Balaban J connectivity index is 1.89. The summed E-state index contributed by atoms with van der Waals surface area (Å²) < 4.78 is 29.5. The average Bonchev–Trinajstić information content (AvgIpc) is 2.84. The fourth-order valence-electron chi connectivity index (χ4n) is 4.07. The van der Waals surface area contributed by atoms with E-state index in [-0.39, 0.29) is 16.7 Å². The summed E-state index contributed by atoms with van der Waals surface area (Å²) in [6.07, 6.45) is 5.56. The highest BCUT2D eigenvalue weighted by molar-refractivity contribution is 7.89. The summed E-state index contributed by atoms with van der Waals surface area (Å²) in [5.41, 5.74) is 2.01. The second kappa shape index (κ2) is 12.1. The molecule has 2 amide bonds. The molecule has 1 aliphatic heterocycles. The van der Waals surface area contributed by atoms with Crippen LogP contribution in [0.15, 0.2) is 53.4 Å². The van der Waals surface area contributed by atoms with Gasteiger partial charge < -0.3 is 10.2 Å². The van der Waals surface area contributed by atoms with E-state index in [4.69, 9.17) is 0 Å². The van der Waals surface area contributed by atoms with Crippen LogP contribution >= 0.6 is 0 Å². The number of aryl methyl sites for hydroxylation is 1. The van der Waals surface area contributed by atoms with Crippen molar-refractivity contribution in [1.29, 1.82) is 0 Å². The number of benzene rings is 2. The molecule has 0 spiro atoms. The lowest BCUT2D eigenvalue weighted by atomic mass is 10.0. The van der Waals surface area contributed by atoms with Crippen LogP contribution in [0, 0.1) is 0 Å². The second-order valence-corrected chi connectivity index (χ2v) is 10.4. The Bertz CT molecular complexity index is 1090. The quantitative estimate of drug-likeness (QED) is 0.435. The van der Waals surface area contributed by atoms with Crippen molar-refractivity contribution in [3.63, 3.8) is 0 Å². The van der Waals surface area contributed by atoms with Crippen LogP contribution in [0.5, 0.6) is 0 Å². The van der Waals surface area contributed by atoms with Crippen LogP contribution in [0.4, 0.5) is 5.69 Å².